The van der Waals surface area contributed by atoms with Gasteiger partial charge >= 0.3 is 0 Å². The molecule has 2 aromatic rings. The number of fused-ring (bicyclic) bond motifs is 1. The van der Waals surface area contributed by atoms with Crippen LogP contribution in [-0.4, -0.2) is 29.4 Å². The molecule has 108 valence electrons. The van der Waals surface area contributed by atoms with E-state index in [1.165, 1.54) is 0 Å². The summed E-state index contributed by atoms with van der Waals surface area (Å²) in [5.74, 6) is 0.874. The smallest absolute Gasteiger partial charge is 0.284 e. The third kappa shape index (κ3) is 2.89. The standard InChI is InChI=1S/C15H15N3O3/c1-18-8-4-5-11(18)9-16-17-15(19)14-10-20-12-6-2-3-7-13(12)21-14/h2-9,14H,10H2,1H3,(H,17,19)/b16-9+/t14-/m1/s1. The van der Waals surface area contributed by atoms with Crippen molar-refractivity contribution in [1.29, 1.82) is 0 Å². The van der Waals surface area contributed by atoms with Crippen LogP contribution in [0.25, 0.3) is 0 Å². The van der Waals surface area contributed by atoms with Crippen molar-refractivity contribution in [3.8, 4) is 11.5 Å². The number of rotatable bonds is 3. The zero-order valence-corrected chi connectivity index (χ0v) is 11.5. The molecule has 2 heterocycles. The van der Waals surface area contributed by atoms with E-state index in [2.05, 4.69) is 10.5 Å². The average Bonchev–Trinajstić information content (AvgIpc) is 2.92. The molecule has 1 aromatic heterocycles. The lowest BCUT2D eigenvalue weighted by Crippen LogP contribution is -2.42. The molecule has 21 heavy (non-hydrogen) atoms. The van der Waals surface area contributed by atoms with Crippen LogP contribution in [0, 0.1) is 0 Å². The molecule has 1 aliphatic rings. The third-order valence-electron chi connectivity index (χ3n) is 3.16. The number of hydrogen-bond acceptors (Lipinski definition) is 4. The Morgan fingerprint density at radius 3 is 2.90 bits per heavy atom. The summed E-state index contributed by atoms with van der Waals surface area (Å²) in [6.45, 7) is 0.169. The largest absolute Gasteiger partial charge is 0.485 e. The predicted octanol–water partition coefficient (Wildman–Crippen LogP) is 1.32. The van der Waals surface area contributed by atoms with Gasteiger partial charge in [0.25, 0.3) is 5.91 Å². The van der Waals surface area contributed by atoms with Crippen LogP contribution in [0.5, 0.6) is 11.5 Å². The van der Waals surface area contributed by atoms with Gasteiger partial charge in [0.15, 0.2) is 11.5 Å². The zero-order valence-electron chi connectivity index (χ0n) is 11.5. The number of carbonyl (C=O) groups is 1. The van der Waals surface area contributed by atoms with E-state index in [1.807, 2.05) is 42.1 Å². The highest BCUT2D eigenvalue weighted by molar-refractivity contribution is 5.84. The minimum Gasteiger partial charge on any atom is -0.485 e. The SMILES string of the molecule is Cn1cccc1/C=N/NC(=O)[C@H]1COc2ccccc2O1. The molecule has 3 rings (SSSR count). The van der Waals surface area contributed by atoms with E-state index in [-0.39, 0.29) is 12.5 Å². The second-order valence-electron chi connectivity index (χ2n) is 4.64. The Morgan fingerprint density at radius 2 is 2.14 bits per heavy atom. The van der Waals surface area contributed by atoms with Gasteiger partial charge in [-0.15, -0.1) is 0 Å². The fourth-order valence-electron chi connectivity index (χ4n) is 1.99. The minimum atomic E-state index is -0.703. The van der Waals surface area contributed by atoms with Crippen molar-refractivity contribution in [1.82, 2.24) is 9.99 Å². The van der Waals surface area contributed by atoms with Crippen molar-refractivity contribution in [3.05, 3.63) is 48.3 Å². The van der Waals surface area contributed by atoms with Gasteiger partial charge in [0, 0.05) is 13.2 Å². The van der Waals surface area contributed by atoms with Crippen LogP contribution in [0.1, 0.15) is 5.69 Å². The molecule has 0 fully saturated rings. The van der Waals surface area contributed by atoms with E-state index in [0.717, 1.165) is 5.69 Å². The van der Waals surface area contributed by atoms with Crippen LogP contribution in [0.4, 0.5) is 0 Å². The summed E-state index contributed by atoms with van der Waals surface area (Å²) in [6, 6.07) is 11.0. The third-order valence-corrected chi connectivity index (χ3v) is 3.16. The highest BCUT2D eigenvalue weighted by Crippen LogP contribution is 2.30. The first-order chi connectivity index (χ1) is 10.2. The van der Waals surface area contributed by atoms with Gasteiger partial charge in [-0.05, 0) is 24.3 Å². The normalized spacial score (nSPS) is 16.9. The van der Waals surface area contributed by atoms with Crippen molar-refractivity contribution in [2.45, 2.75) is 6.10 Å². The first-order valence-corrected chi connectivity index (χ1v) is 6.57. The zero-order chi connectivity index (χ0) is 14.7. The summed E-state index contributed by atoms with van der Waals surface area (Å²) in [4.78, 5) is 12.0. The Morgan fingerprint density at radius 1 is 1.33 bits per heavy atom. The quantitative estimate of drug-likeness (QED) is 0.683. The van der Waals surface area contributed by atoms with Gasteiger partial charge in [-0.25, -0.2) is 5.43 Å². The molecule has 1 atom stereocenters. The number of benzene rings is 1. The Balaban J connectivity index is 1.60. The van der Waals surface area contributed by atoms with Gasteiger partial charge in [0.2, 0.25) is 6.10 Å². The minimum absolute atomic E-state index is 0.169. The lowest BCUT2D eigenvalue weighted by molar-refractivity contribution is -0.130. The molecule has 1 aliphatic heterocycles. The Hall–Kier alpha value is -2.76. The van der Waals surface area contributed by atoms with Crippen molar-refractivity contribution in [2.75, 3.05) is 6.61 Å². The summed E-state index contributed by atoms with van der Waals surface area (Å²) in [5, 5.41) is 3.92. The molecule has 6 nitrogen and oxygen atoms in total. The highest BCUT2D eigenvalue weighted by atomic mass is 16.6. The molecule has 0 saturated heterocycles. The number of nitrogens with zero attached hydrogens (tertiary/aromatic N) is 2. The number of para-hydroxylation sites is 2. The number of nitrogens with one attached hydrogen (secondary N) is 1. The van der Waals surface area contributed by atoms with Crippen LogP contribution in [0.3, 0.4) is 0 Å². The molecule has 6 heteroatoms. The van der Waals surface area contributed by atoms with E-state index in [9.17, 15) is 4.79 Å². The second-order valence-corrected chi connectivity index (χ2v) is 4.64. The second kappa shape index (κ2) is 5.70. The summed E-state index contributed by atoms with van der Waals surface area (Å²) in [5.41, 5.74) is 3.35. The van der Waals surface area contributed by atoms with E-state index >= 15 is 0 Å². The number of ether oxygens (including phenoxy) is 2. The van der Waals surface area contributed by atoms with Gasteiger partial charge in [0.05, 0.1) is 11.9 Å². The molecule has 0 saturated carbocycles. The highest BCUT2D eigenvalue weighted by Gasteiger charge is 2.26. The summed E-state index contributed by atoms with van der Waals surface area (Å²) >= 11 is 0. The van der Waals surface area contributed by atoms with Crippen LogP contribution >= 0.6 is 0 Å². The molecule has 0 bridgehead atoms. The molecule has 0 unspecified atom stereocenters. The fourth-order valence-corrected chi connectivity index (χ4v) is 1.99. The van der Waals surface area contributed by atoms with Gasteiger partial charge in [-0.2, -0.15) is 5.10 Å². The molecule has 1 N–H and O–H groups in total. The summed E-state index contributed by atoms with van der Waals surface area (Å²) < 4.78 is 13.0. The first-order valence-electron chi connectivity index (χ1n) is 6.57. The number of amides is 1. The number of carbonyl (C=O) groups excluding carboxylic acids is 1. The topological polar surface area (TPSA) is 64.9 Å². The van der Waals surface area contributed by atoms with Crippen LogP contribution in [0.2, 0.25) is 0 Å². The predicted molar refractivity (Wildman–Crippen MR) is 77.5 cm³/mol. The first kappa shape index (κ1) is 13.2. The Bertz CT molecular complexity index is 678. The van der Waals surface area contributed by atoms with E-state index in [1.54, 1.807) is 18.3 Å². The van der Waals surface area contributed by atoms with Gasteiger partial charge in [0.1, 0.15) is 6.61 Å². The molecule has 0 aliphatic carbocycles. The molecule has 0 radical (unpaired) electrons. The van der Waals surface area contributed by atoms with E-state index in [4.69, 9.17) is 9.47 Å². The molecule has 1 aromatic carbocycles. The lowest BCUT2D eigenvalue weighted by Gasteiger charge is -2.24. The van der Waals surface area contributed by atoms with Gasteiger partial charge in [-0.1, -0.05) is 12.1 Å². The van der Waals surface area contributed by atoms with Crippen molar-refractivity contribution in [2.24, 2.45) is 12.1 Å². The van der Waals surface area contributed by atoms with E-state index < -0.39 is 6.10 Å². The van der Waals surface area contributed by atoms with Crippen LogP contribution < -0.4 is 14.9 Å². The van der Waals surface area contributed by atoms with Crippen LogP contribution in [0.15, 0.2) is 47.7 Å². The number of hydrazone groups is 1. The molecular weight excluding hydrogens is 270 g/mol. The molecular formula is C15H15N3O3. The summed E-state index contributed by atoms with van der Waals surface area (Å²) in [7, 11) is 1.90. The van der Waals surface area contributed by atoms with E-state index in [0.29, 0.717) is 11.5 Å². The van der Waals surface area contributed by atoms with Gasteiger partial charge < -0.3 is 14.0 Å². The maximum atomic E-state index is 12.0. The Kier molecular flexibility index (Phi) is 3.59. The van der Waals surface area contributed by atoms with Crippen molar-refractivity contribution >= 4 is 12.1 Å². The lowest BCUT2D eigenvalue weighted by atomic mass is 10.2. The monoisotopic (exact) mass is 285 g/mol. The molecule has 1 amide bonds. The van der Waals surface area contributed by atoms with Crippen molar-refractivity contribution in [3.63, 3.8) is 0 Å². The van der Waals surface area contributed by atoms with Crippen molar-refractivity contribution < 1.29 is 14.3 Å². The average molecular weight is 285 g/mol. The van der Waals surface area contributed by atoms with Gasteiger partial charge in [-0.3, -0.25) is 4.79 Å². The number of hydrogen-bond donors (Lipinski definition) is 1. The molecule has 0 spiro atoms. The summed E-state index contributed by atoms with van der Waals surface area (Å²) in [6.07, 6.45) is 2.78. The fraction of sp³-hybridized carbons (Fsp3) is 0.200. The Labute approximate surface area is 122 Å². The number of aryl methyl sites for hydroxylation is 1. The van der Waals surface area contributed by atoms with Crippen LogP contribution in [-0.2, 0) is 11.8 Å². The number of aromatic nitrogens is 1. The maximum absolute atomic E-state index is 12.0. The maximum Gasteiger partial charge on any atom is 0.284 e.